The Kier molecular flexibility index (Phi) is 5.15. The lowest BCUT2D eigenvalue weighted by Gasteiger charge is -2.10. The third-order valence-corrected chi connectivity index (χ3v) is 4.14. The molecule has 27 heavy (non-hydrogen) atoms. The summed E-state index contributed by atoms with van der Waals surface area (Å²) in [5.74, 6) is 1.49. The van der Waals surface area contributed by atoms with Gasteiger partial charge in [-0.25, -0.2) is 15.0 Å². The molecule has 0 fully saturated rings. The standard InChI is InChI=1S/C21H20N6/c1-2-7-17(8-3-1)21-25-19(18-9-4-5-10-23-18)15-20(26-21)24-11-6-13-27-14-12-22-16-27/h1-5,7-10,12,14-16H,6,11,13H2,(H,24,25,26). The van der Waals surface area contributed by atoms with Crippen LogP contribution < -0.4 is 5.32 Å². The second kappa shape index (κ2) is 8.23. The van der Waals surface area contributed by atoms with E-state index in [4.69, 9.17) is 9.97 Å². The molecule has 4 rings (SSSR count). The van der Waals surface area contributed by atoms with E-state index in [9.17, 15) is 0 Å². The summed E-state index contributed by atoms with van der Waals surface area (Å²) in [5.41, 5.74) is 2.62. The van der Waals surface area contributed by atoms with Crippen LogP contribution in [-0.2, 0) is 6.54 Å². The second-order valence-corrected chi connectivity index (χ2v) is 6.12. The predicted molar refractivity (Wildman–Crippen MR) is 106 cm³/mol. The van der Waals surface area contributed by atoms with E-state index >= 15 is 0 Å². The van der Waals surface area contributed by atoms with E-state index < -0.39 is 0 Å². The van der Waals surface area contributed by atoms with Crippen molar-refractivity contribution in [1.29, 1.82) is 0 Å². The molecule has 0 saturated heterocycles. The van der Waals surface area contributed by atoms with Gasteiger partial charge in [0, 0.05) is 43.3 Å². The summed E-state index contributed by atoms with van der Waals surface area (Å²) in [5, 5.41) is 3.41. The van der Waals surface area contributed by atoms with Crippen molar-refractivity contribution in [2.75, 3.05) is 11.9 Å². The minimum absolute atomic E-state index is 0.691. The van der Waals surface area contributed by atoms with Crippen molar-refractivity contribution >= 4 is 5.82 Å². The van der Waals surface area contributed by atoms with E-state index in [2.05, 4.69) is 19.9 Å². The van der Waals surface area contributed by atoms with Gasteiger partial charge in [-0.15, -0.1) is 0 Å². The lowest BCUT2D eigenvalue weighted by Crippen LogP contribution is -2.08. The minimum atomic E-state index is 0.691. The Labute approximate surface area is 158 Å². The van der Waals surface area contributed by atoms with Gasteiger partial charge in [-0.3, -0.25) is 4.98 Å². The Bertz CT molecular complexity index is 911. The first kappa shape index (κ1) is 16.9. The predicted octanol–water partition coefficient (Wildman–Crippen LogP) is 3.90. The first-order chi connectivity index (χ1) is 13.4. The maximum absolute atomic E-state index is 4.72. The third-order valence-electron chi connectivity index (χ3n) is 4.14. The fourth-order valence-corrected chi connectivity index (χ4v) is 2.80. The SMILES string of the molecule is c1ccc(-c2nc(NCCCn3ccnc3)cc(-c3ccccn3)n2)cc1. The number of hydrogen-bond donors (Lipinski definition) is 1. The number of benzene rings is 1. The van der Waals surface area contributed by atoms with Crippen LogP contribution in [0.15, 0.2) is 79.5 Å². The quantitative estimate of drug-likeness (QED) is 0.509. The Morgan fingerprint density at radius 3 is 2.56 bits per heavy atom. The third kappa shape index (κ3) is 4.36. The first-order valence-electron chi connectivity index (χ1n) is 8.94. The highest BCUT2D eigenvalue weighted by atomic mass is 15.0. The number of imidazole rings is 1. The summed E-state index contributed by atoms with van der Waals surface area (Å²) in [7, 11) is 0. The Morgan fingerprint density at radius 1 is 0.889 bits per heavy atom. The van der Waals surface area contributed by atoms with Crippen LogP contribution in [-0.4, -0.2) is 31.0 Å². The van der Waals surface area contributed by atoms with E-state index in [1.807, 2.05) is 67.1 Å². The van der Waals surface area contributed by atoms with Gasteiger partial charge in [0.2, 0.25) is 0 Å². The lowest BCUT2D eigenvalue weighted by atomic mass is 10.2. The zero-order valence-corrected chi connectivity index (χ0v) is 14.9. The van der Waals surface area contributed by atoms with Crippen LogP contribution in [0.1, 0.15) is 6.42 Å². The molecule has 3 heterocycles. The van der Waals surface area contributed by atoms with Crippen molar-refractivity contribution in [3.8, 4) is 22.8 Å². The molecule has 0 radical (unpaired) electrons. The van der Waals surface area contributed by atoms with Crippen molar-refractivity contribution in [1.82, 2.24) is 24.5 Å². The topological polar surface area (TPSA) is 68.5 Å². The van der Waals surface area contributed by atoms with E-state index in [1.54, 1.807) is 12.4 Å². The van der Waals surface area contributed by atoms with E-state index in [0.717, 1.165) is 42.3 Å². The maximum Gasteiger partial charge on any atom is 0.162 e. The molecule has 0 unspecified atom stereocenters. The van der Waals surface area contributed by atoms with Crippen molar-refractivity contribution in [3.05, 3.63) is 79.5 Å². The molecule has 0 bridgehead atoms. The maximum atomic E-state index is 4.72. The van der Waals surface area contributed by atoms with Crippen LogP contribution in [0, 0.1) is 0 Å². The summed E-state index contributed by atoms with van der Waals surface area (Å²) in [4.78, 5) is 17.9. The van der Waals surface area contributed by atoms with Gasteiger partial charge in [0.1, 0.15) is 5.82 Å². The van der Waals surface area contributed by atoms with Crippen LogP contribution in [0.25, 0.3) is 22.8 Å². The number of rotatable bonds is 7. The van der Waals surface area contributed by atoms with Crippen LogP contribution in [0.5, 0.6) is 0 Å². The van der Waals surface area contributed by atoms with Gasteiger partial charge in [-0.1, -0.05) is 36.4 Å². The van der Waals surface area contributed by atoms with Gasteiger partial charge >= 0.3 is 0 Å². The normalized spacial score (nSPS) is 10.7. The average Bonchev–Trinajstić information content (AvgIpc) is 3.26. The van der Waals surface area contributed by atoms with Gasteiger partial charge < -0.3 is 9.88 Å². The van der Waals surface area contributed by atoms with E-state index in [0.29, 0.717) is 5.82 Å². The molecule has 3 aromatic heterocycles. The fraction of sp³-hybridized carbons (Fsp3) is 0.143. The fourth-order valence-electron chi connectivity index (χ4n) is 2.80. The number of aromatic nitrogens is 5. The molecule has 1 N–H and O–H groups in total. The molecule has 0 saturated carbocycles. The van der Waals surface area contributed by atoms with Crippen molar-refractivity contribution in [3.63, 3.8) is 0 Å². The largest absolute Gasteiger partial charge is 0.370 e. The highest BCUT2D eigenvalue weighted by molar-refractivity contribution is 5.65. The molecule has 4 aromatic rings. The molecule has 134 valence electrons. The molecular weight excluding hydrogens is 336 g/mol. The van der Waals surface area contributed by atoms with E-state index in [1.165, 1.54) is 0 Å². The number of aryl methyl sites for hydroxylation is 1. The smallest absolute Gasteiger partial charge is 0.162 e. The van der Waals surface area contributed by atoms with Crippen LogP contribution in [0.3, 0.4) is 0 Å². The summed E-state index contributed by atoms with van der Waals surface area (Å²) in [6.45, 7) is 1.72. The molecule has 0 aliphatic rings. The highest BCUT2D eigenvalue weighted by Gasteiger charge is 2.09. The van der Waals surface area contributed by atoms with Gasteiger partial charge in [0.15, 0.2) is 5.82 Å². The number of pyridine rings is 1. The molecule has 0 atom stereocenters. The number of hydrogen-bond acceptors (Lipinski definition) is 5. The molecule has 6 nitrogen and oxygen atoms in total. The van der Waals surface area contributed by atoms with Crippen LogP contribution >= 0.6 is 0 Å². The Hall–Kier alpha value is -3.54. The Morgan fingerprint density at radius 2 is 1.78 bits per heavy atom. The summed E-state index contributed by atoms with van der Waals surface area (Å²) in [6.07, 6.45) is 8.34. The van der Waals surface area contributed by atoms with Gasteiger partial charge in [-0.2, -0.15) is 0 Å². The van der Waals surface area contributed by atoms with Crippen LogP contribution in [0.2, 0.25) is 0 Å². The minimum Gasteiger partial charge on any atom is -0.370 e. The zero-order chi connectivity index (χ0) is 18.3. The summed E-state index contributed by atoms with van der Waals surface area (Å²) >= 11 is 0. The van der Waals surface area contributed by atoms with Crippen molar-refractivity contribution in [2.24, 2.45) is 0 Å². The average molecular weight is 356 g/mol. The second-order valence-electron chi connectivity index (χ2n) is 6.12. The number of nitrogens with one attached hydrogen (secondary N) is 1. The van der Waals surface area contributed by atoms with Crippen LogP contribution in [0.4, 0.5) is 5.82 Å². The zero-order valence-electron chi connectivity index (χ0n) is 14.9. The monoisotopic (exact) mass is 356 g/mol. The molecule has 0 amide bonds. The molecule has 1 aromatic carbocycles. The van der Waals surface area contributed by atoms with Gasteiger partial charge in [0.25, 0.3) is 0 Å². The summed E-state index contributed by atoms with van der Waals surface area (Å²) in [6, 6.07) is 17.8. The van der Waals surface area contributed by atoms with Gasteiger partial charge in [0.05, 0.1) is 17.7 Å². The number of nitrogens with zero attached hydrogens (tertiary/aromatic N) is 5. The Balaban J connectivity index is 1.56. The number of anilines is 1. The van der Waals surface area contributed by atoms with Gasteiger partial charge in [-0.05, 0) is 18.6 Å². The molecule has 0 aliphatic carbocycles. The molecule has 0 spiro atoms. The molecule has 6 heteroatoms. The first-order valence-corrected chi connectivity index (χ1v) is 8.94. The van der Waals surface area contributed by atoms with Crippen molar-refractivity contribution < 1.29 is 0 Å². The highest BCUT2D eigenvalue weighted by Crippen LogP contribution is 2.23. The molecular formula is C21H20N6. The lowest BCUT2D eigenvalue weighted by molar-refractivity contribution is 0.660. The van der Waals surface area contributed by atoms with Crippen molar-refractivity contribution in [2.45, 2.75) is 13.0 Å². The molecule has 0 aliphatic heterocycles. The van der Waals surface area contributed by atoms with E-state index in [-0.39, 0.29) is 0 Å². The summed E-state index contributed by atoms with van der Waals surface area (Å²) < 4.78 is 2.07.